The van der Waals surface area contributed by atoms with Gasteiger partial charge >= 0.3 is 0 Å². The van der Waals surface area contributed by atoms with Gasteiger partial charge in [-0.1, -0.05) is 18.2 Å². The quantitative estimate of drug-likeness (QED) is 0.712. The van der Waals surface area contributed by atoms with Gasteiger partial charge in [-0.25, -0.2) is 0 Å². The molecule has 0 amide bonds. The number of Topliss-reactive ketones (excluding diaryl/α,β-unsaturated/α-hetero) is 1. The number of rotatable bonds is 2. The third-order valence-electron chi connectivity index (χ3n) is 2.74. The van der Waals surface area contributed by atoms with Crippen molar-refractivity contribution in [3.63, 3.8) is 0 Å². The molecular weight excluding hydrogens is 200 g/mol. The van der Waals surface area contributed by atoms with E-state index in [-0.39, 0.29) is 0 Å². The molecule has 16 heavy (non-hydrogen) atoms. The van der Waals surface area contributed by atoms with E-state index in [0.29, 0.717) is 18.6 Å². The number of hydrazone groups is 1. The smallest absolute Gasteiger partial charge is 0.138 e. The maximum Gasteiger partial charge on any atom is 0.138 e. The van der Waals surface area contributed by atoms with Crippen molar-refractivity contribution < 1.29 is 4.79 Å². The van der Waals surface area contributed by atoms with Gasteiger partial charge in [-0.05, 0) is 25.0 Å². The molecule has 1 aromatic carbocycles. The average Bonchev–Trinajstić information content (AvgIpc) is 2.30. The maximum atomic E-state index is 11.3. The minimum atomic E-state index is 0.312. The van der Waals surface area contributed by atoms with Crippen LogP contribution in [-0.4, -0.2) is 18.5 Å². The number of hydrogen-bond donors (Lipinski definition) is 0. The molecular formula is C13H16N2O. The van der Waals surface area contributed by atoms with Crippen molar-refractivity contribution in [2.75, 3.05) is 12.1 Å². The zero-order valence-electron chi connectivity index (χ0n) is 9.52. The van der Waals surface area contributed by atoms with Crippen molar-refractivity contribution in [1.29, 1.82) is 0 Å². The van der Waals surface area contributed by atoms with Crippen LogP contribution in [0, 0.1) is 0 Å². The first-order valence-corrected chi connectivity index (χ1v) is 5.62. The summed E-state index contributed by atoms with van der Waals surface area (Å²) in [5, 5.41) is 6.33. The largest absolute Gasteiger partial charge is 0.299 e. The van der Waals surface area contributed by atoms with Crippen molar-refractivity contribution in [2.45, 2.75) is 25.7 Å². The van der Waals surface area contributed by atoms with Crippen molar-refractivity contribution in [3.05, 3.63) is 30.3 Å². The molecule has 1 aromatic rings. The van der Waals surface area contributed by atoms with Crippen LogP contribution in [0.2, 0.25) is 0 Å². The molecule has 84 valence electrons. The van der Waals surface area contributed by atoms with Crippen molar-refractivity contribution in [2.24, 2.45) is 5.10 Å². The van der Waals surface area contributed by atoms with Crippen LogP contribution in [0.4, 0.5) is 5.69 Å². The Bertz CT molecular complexity index is 398. The fourth-order valence-corrected chi connectivity index (χ4v) is 1.89. The van der Waals surface area contributed by atoms with Crippen LogP contribution < -0.4 is 5.01 Å². The van der Waals surface area contributed by atoms with Crippen molar-refractivity contribution in [3.8, 4) is 0 Å². The summed E-state index contributed by atoms with van der Waals surface area (Å²) in [5.74, 6) is 0.312. The van der Waals surface area contributed by atoms with E-state index >= 15 is 0 Å². The Morgan fingerprint density at radius 3 is 2.62 bits per heavy atom. The molecule has 3 nitrogen and oxygen atoms in total. The lowest BCUT2D eigenvalue weighted by atomic mass is 9.97. The van der Waals surface area contributed by atoms with E-state index in [1.54, 1.807) is 0 Å². The number of para-hydroxylation sites is 1. The molecule has 0 bridgehead atoms. The third kappa shape index (κ3) is 2.69. The number of carbonyl (C=O) groups excluding carboxylic acids is 1. The van der Waals surface area contributed by atoms with Gasteiger partial charge in [0, 0.05) is 25.6 Å². The van der Waals surface area contributed by atoms with Gasteiger partial charge in [-0.3, -0.25) is 9.80 Å². The molecule has 2 rings (SSSR count). The Labute approximate surface area is 95.8 Å². The standard InChI is InChI=1S/C13H16N2O/c1-15(12-7-3-2-4-8-12)14-11-6-5-9-13(16)10-11/h2-4,7-8H,5-6,9-10H2,1H3/b14-11-. The lowest BCUT2D eigenvalue weighted by molar-refractivity contribution is -0.118. The molecule has 1 fully saturated rings. The number of ketones is 1. The molecule has 1 aliphatic carbocycles. The highest BCUT2D eigenvalue weighted by molar-refractivity contribution is 6.04. The molecule has 0 aliphatic heterocycles. The Kier molecular flexibility index (Phi) is 3.34. The number of hydrogen-bond acceptors (Lipinski definition) is 3. The zero-order valence-corrected chi connectivity index (χ0v) is 9.52. The second-order valence-corrected chi connectivity index (χ2v) is 4.09. The van der Waals surface area contributed by atoms with Crippen LogP contribution in [0.15, 0.2) is 35.4 Å². The van der Waals surface area contributed by atoms with Gasteiger partial charge in [0.2, 0.25) is 0 Å². The van der Waals surface area contributed by atoms with Gasteiger partial charge in [-0.15, -0.1) is 0 Å². The molecule has 0 spiro atoms. The average molecular weight is 216 g/mol. The monoisotopic (exact) mass is 216 g/mol. The topological polar surface area (TPSA) is 32.7 Å². The van der Waals surface area contributed by atoms with Crippen LogP contribution in [0.3, 0.4) is 0 Å². The zero-order chi connectivity index (χ0) is 11.4. The number of carbonyl (C=O) groups is 1. The second-order valence-electron chi connectivity index (χ2n) is 4.09. The van der Waals surface area contributed by atoms with Crippen LogP contribution in [-0.2, 0) is 4.79 Å². The molecule has 0 aromatic heterocycles. The highest BCUT2D eigenvalue weighted by Crippen LogP contribution is 2.16. The normalized spacial score (nSPS) is 18.8. The van der Waals surface area contributed by atoms with Gasteiger partial charge in [0.1, 0.15) is 5.78 Å². The van der Waals surface area contributed by atoms with Crippen molar-refractivity contribution in [1.82, 2.24) is 0 Å². The summed E-state index contributed by atoms with van der Waals surface area (Å²) in [7, 11) is 1.92. The van der Waals surface area contributed by atoms with Crippen LogP contribution in [0.25, 0.3) is 0 Å². The van der Waals surface area contributed by atoms with Gasteiger partial charge in [0.25, 0.3) is 0 Å². The van der Waals surface area contributed by atoms with E-state index in [1.165, 1.54) is 0 Å². The summed E-state index contributed by atoms with van der Waals surface area (Å²) in [6, 6.07) is 9.97. The summed E-state index contributed by atoms with van der Waals surface area (Å²) in [5.41, 5.74) is 2.05. The lowest BCUT2D eigenvalue weighted by Gasteiger charge is -2.17. The van der Waals surface area contributed by atoms with Gasteiger partial charge in [0.15, 0.2) is 0 Å². The summed E-state index contributed by atoms with van der Waals surface area (Å²) in [6.45, 7) is 0. The minimum Gasteiger partial charge on any atom is -0.299 e. The van der Waals surface area contributed by atoms with E-state index in [9.17, 15) is 4.79 Å². The van der Waals surface area contributed by atoms with Gasteiger partial charge in [0.05, 0.1) is 5.69 Å². The molecule has 1 saturated carbocycles. The molecule has 1 aliphatic rings. The van der Waals surface area contributed by atoms with E-state index < -0.39 is 0 Å². The third-order valence-corrected chi connectivity index (χ3v) is 2.74. The number of benzene rings is 1. The Hall–Kier alpha value is -1.64. The maximum absolute atomic E-state index is 11.3. The summed E-state index contributed by atoms with van der Waals surface area (Å²) in [4.78, 5) is 11.3. The highest BCUT2D eigenvalue weighted by Gasteiger charge is 2.15. The molecule has 0 N–H and O–H groups in total. The van der Waals surface area contributed by atoms with Gasteiger partial charge in [-0.2, -0.15) is 5.10 Å². The Balaban J connectivity index is 2.08. The van der Waals surface area contributed by atoms with Crippen LogP contribution >= 0.6 is 0 Å². The highest BCUT2D eigenvalue weighted by atomic mass is 16.1. The molecule has 0 heterocycles. The first kappa shape index (κ1) is 10.9. The summed E-state index contributed by atoms with van der Waals surface area (Å²) in [6.07, 6.45) is 3.13. The predicted octanol–water partition coefficient (Wildman–Crippen LogP) is 2.62. The lowest BCUT2D eigenvalue weighted by Crippen LogP contribution is -2.19. The van der Waals surface area contributed by atoms with Crippen molar-refractivity contribution >= 4 is 17.2 Å². The molecule has 0 unspecified atom stereocenters. The van der Waals surface area contributed by atoms with E-state index in [0.717, 1.165) is 24.2 Å². The molecule has 0 atom stereocenters. The summed E-state index contributed by atoms with van der Waals surface area (Å²) >= 11 is 0. The minimum absolute atomic E-state index is 0.312. The number of anilines is 1. The van der Waals surface area contributed by atoms with E-state index in [4.69, 9.17) is 0 Å². The van der Waals surface area contributed by atoms with E-state index in [1.807, 2.05) is 42.4 Å². The van der Waals surface area contributed by atoms with Gasteiger partial charge < -0.3 is 0 Å². The van der Waals surface area contributed by atoms with E-state index in [2.05, 4.69) is 5.10 Å². The molecule has 0 saturated heterocycles. The predicted molar refractivity (Wildman–Crippen MR) is 65.8 cm³/mol. The SMILES string of the molecule is CN(/N=C1/CCCC(=O)C1)c1ccccc1. The second kappa shape index (κ2) is 4.92. The first-order valence-electron chi connectivity index (χ1n) is 5.62. The van der Waals surface area contributed by atoms with Crippen LogP contribution in [0.1, 0.15) is 25.7 Å². The first-order chi connectivity index (χ1) is 7.75. The summed E-state index contributed by atoms with van der Waals surface area (Å²) < 4.78 is 0. The molecule has 0 radical (unpaired) electrons. The van der Waals surface area contributed by atoms with Crippen LogP contribution in [0.5, 0.6) is 0 Å². The molecule has 3 heteroatoms. The Morgan fingerprint density at radius 1 is 1.19 bits per heavy atom. The fourth-order valence-electron chi connectivity index (χ4n) is 1.89. The fraction of sp³-hybridized carbons (Fsp3) is 0.385. The Morgan fingerprint density at radius 2 is 1.94 bits per heavy atom. The number of nitrogens with zero attached hydrogens (tertiary/aromatic N) is 2.